The van der Waals surface area contributed by atoms with Crippen LogP contribution in [0.5, 0.6) is 0 Å². The van der Waals surface area contributed by atoms with Crippen LogP contribution in [0.2, 0.25) is 0 Å². The van der Waals surface area contributed by atoms with Gasteiger partial charge in [0.05, 0.1) is 6.07 Å². The minimum atomic E-state index is -0.816. The number of nitriles is 1. The van der Waals surface area contributed by atoms with Gasteiger partial charge in [-0.25, -0.2) is 9.78 Å². The Balaban J connectivity index is 1.45. The molecular weight excluding hydrogens is 450 g/mol. The third-order valence-corrected chi connectivity index (χ3v) is 8.19. The Morgan fingerprint density at radius 3 is 2.63 bits per heavy atom. The number of benzene rings is 1. The van der Waals surface area contributed by atoms with Gasteiger partial charge in [0.2, 0.25) is 5.79 Å². The van der Waals surface area contributed by atoms with Crippen molar-refractivity contribution in [1.29, 1.82) is 5.26 Å². The monoisotopic (exact) mass is 477 g/mol. The third-order valence-electron chi connectivity index (χ3n) is 7.66. The molecule has 6 rings (SSSR count). The van der Waals surface area contributed by atoms with E-state index in [1.807, 2.05) is 31.2 Å². The van der Waals surface area contributed by atoms with Crippen molar-refractivity contribution in [3.63, 3.8) is 0 Å². The molecule has 4 aliphatic heterocycles. The Morgan fingerprint density at radius 2 is 1.90 bits per heavy atom. The maximum atomic E-state index is 9.78. The summed E-state index contributed by atoms with van der Waals surface area (Å²) < 4.78 is 20.0. The lowest BCUT2D eigenvalue weighted by atomic mass is 9.58. The summed E-state index contributed by atoms with van der Waals surface area (Å²) in [5.74, 6) is 0.223. The summed E-state index contributed by atoms with van der Waals surface area (Å²) in [5, 5.41) is 9.78. The second kappa shape index (κ2) is 7.54. The largest absolute Gasteiger partial charge is 0.329 e. The van der Waals surface area contributed by atoms with Gasteiger partial charge in [0.15, 0.2) is 24.3 Å². The molecular formula is C23H28BrNO5. The minimum absolute atomic E-state index is 0.0391. The molecule has 7 heteroatoms. The molecule has 30 heavy (non-hydrogen) atoms. The smallest absolute Gasteiger partial charge is 0.201 e. The lowest BCUT2D eigenvalue weighted by Crippen LogP contribution is -2.70. The number of ether oxygens (including phenoxy) is 3. The number of rotatable bonds is 3. The Hall–Kier alpha value is -1.01. The highest BCUT2D eigenvalue weighted by molar-refractivity contribution is 9.10. The zero-order valence-corrected chi connectivity index (χ0v) is 19.1. The van der Waals surface area contributed by atoms with Gasteiger partial charge in [0.1, 0.15) is 0 Å². The van der Waals surface area contributed by atoms with Crippen LogP contribution in [0.25, 0.3) is 0 Å². The Kier molecular flexibility index (Phi) is 5.25. The van der Waals surface area contributed by atoms with Gasteiger partial charge in [-0.1, -0.05) is 41.9 Å². The van der Waals surface area contributed by atoms with E-state index in [-0.39, 0.29) is 11.8 Å². The van der Waals surface area contributed by atoms with E-state index in [1.165, 1.54) is 0 Å². The molecule has 5 fully saturated rings. The number of hydrogen-bond donors (Lipinski definition) is 0. The summed E-state index contributed by atoms with van der Waals surface area (Å²) in [6, 6.07) is 9.90. The van der Waals surface area contributed by atoms with Crippen molar-refractivity contribution in [1.82, 2.24) is 0 Å². The molecule has 6 nitrogen and oxygen atoms in total. The van der Waals surface area contributed by atoms with Crippen LogP contribution in [-0.4, -0.2) is 24.0 Å². The fourth-order valence-corrected chi connectivity index (χ4v) is 6.25. The summed E-state index contributed by atoms with van der Waals surface area (Å²) in [4.78, 5) is 12.0. The Labute approximate surface area is 185 Å². The summed E-state index contributed by atoms with van der Waals surface area (Å²) >= 11 is 3.44. The van der Waals surface area contributed by atoms with E-state index in [4.69, 9.17) is 24.0 Å². The quantitative estimate of drug-likeness (QED) is 0.554. The van der Waals surface area contributed by atoms with Gasteiger partial charge in [0, 0.05) is 22.7 Å². The zero-order valence-electron chi connectivity index (χ0n) is 17.5. The van der Waals surface area contributed by atoms with E-state index in [2.05, 4.69) is 35.8 Å². The normalized spacial score (nSPS) is 45.8. The average Bonchev–Trinajstić information content (AvgIpc) is 2.96. The molecule has 2 bridgehead atoms. The predicted octanol–water partition coefficient (Wildman–Crippen LogP) is 5.24. The molecule has 0 unspecified atom stereocenters. The Morgan fingerprint density at radius 1 is 1.13 bits per heavy atom. The molecule has 0 radical (unpaired) electrons. The topological polar surface area (TPSA) is 69.9 Å². The molecule has 1 aromatic rings. The van der Waals surface area contributed by atoms with E-state index >= 15 is 0 Å². The van der Waals surface area contributed by atoms with Crippen molar-refractivity contribution in [2.45, 2.75) is 76.5 Å². The van der Waals surface area contributed by atoms with Gasteiger partial charge in [-0.15, -0.1) is 0 Å². The third kappa shape index (κ3) is 3.16. The van der Waals surface area contributed by atoms with Crippen molar-refractivity contribution < 1.29 is 24.0 Å². The summed E-state index contributed by atoms with van der Waals surface area (Å²) in [7, 11) is 0. The second-order valence-electron chi connectivity index (χ2n) is 9.47. The fraction of sp³-hybridized carbons (Fsp3) is 0.696. The fourth-order valence-electron chi connectivity index (χ4n) is 5.98. The van der Waals surface area contributed by atoms with Crippen LogP contribution in [0.3, 0.4) is 0 Å². The van der Waals surface area contributed by atoms with Gasteiger partial charge in [0.25, 0.3) is 0 Å². The Bertz CT molecular complexity index is 843. The first-order chi connectivity index (χ1) is 14.4. The molecule has 4 heterocycles. The minimum Gasteiger partial charge on any atom is -0.329 e. The van der Waals surface area contributed by atoms with Gasteiger partial charge in [-0.05, 0) is 55.7 Å². The van der Waals surface area contributed by atoms with Crippen LogP contribution < -0.4 is 0 Å². The molecule has 0 aromatic heterocycles. The SMILES string of the molecule is C[C@H]1[C@@H](O[C@H](C#N)c2ccc(Br)cc2)O[C@@H]2O[C@@]3(C)CC[C@H]4[C@H](C)CC[C@@H]1[C@@]24OO3. The van der Waals surface area contributed by atoms with Gasteiger partial charge in [-0.2, -0.15) is 5.26 Å². The van der Waals surface area contributed by atoms with Gasteiger partial charge >= 0.3 is 0 Å². The summed E-state index contributed by atoms with van der Waals surface area (Å²) in [6.07, 6.45) is 2.06. The van der Waals surface area contributed by atoms with Crippen LogP contribution in [-0.2, 0) is 24.0 Å². The molecule has 0 N–H and O–H groups in total. The van der Waals surface area contributed by atoms with Crippen molar-refractivity contribution in [3.8, 4) is 6.07 Å². The van der Waals surface area contributed by atoms with Crippen LogP contribution >= 0.6 is 15.9 Å². The molecule has 1 aliphatic carbocycles. The molecule has 1 saturated carbocycles. The molecule has 162 valence electrons. The number of halogens is 1. The van der Waals surface area contributed by atoms with Crippen LogP contribution in [0.15, 0.2) is 28.7 Å². The maximum Gasteiger partial charge on any atom is 0.201 e. The summed E-state index contributed by atoms with van der Waals surface area (Å²) in [5.41, 5.74) is 0.189. The van der Waals surface area contributed by atoms with Crippen molar-refractivity contribution >= 4 is 15.9 Å². The first kappa shape index (κ1) is 20.9. The van der Waals surface area contributed by atoms with E-state index < -0.39 is 30.1 Å². The summed E-state index contributed by atoms with van der Waals surface area (Å²) in [6.45, 7) is 6.34. The number of hydrogen-bond acceptors (Lipinski definition) is 6. The van der Waals surface area contributed by atoms with E-state index in [9.17, 15) is 5.26 Å². The number of fused-ring (bicyclic) bond motifs is 2. The van der Waals surface area contributed by atoms with Crippen molar-refractivity contribution in [2.24, 2.45) is 23.7 Å². The second-order valence-corrected chi connectivity index (χ2v) is 10.4. The molecule has 4 saturated heterocycles. The molecule has 5 aliphatic rings. The van der Waals surface area contributed by atoms with Crippen molar-refractivity contribution in [2.75, 3.05) is 0 Å². The maximum absolute atomic E-state index is 9.78. The number of nitrogens with zero attached hydrogens (tertiary/aromatic N) is 1. The first-order valence-corrected chi connectivity index (χ1v) is 11.7. The highest BCUT2D eigenvalue weighted by Gasteiger charge is 2.69. The average molecular weight is 478 g/mol. The molecule has 1 aromatic carbocycles. The van der Waals surface area contributed by atoms with Crippen LogP contribution in [0.4, 0.5) is 0 Å². The molecule has 0 amide bonds. The van der Waals surface area contributed by atoms with Gasteiger partial charge in [-0.3, -0.25) is 0 Å². The molecule has 1 spiro atoms. The van der Waals surface area contributed by atoms with Crippen molar-refractivity contribution in [3.05, 3.63) is 34.3 Å². The van der Waals surface area contributed by atoms with E-state index in [1.54, 1.807) is 0 Å². The standard InChI is InChI=1S/C23H28BrNO5/c1-13-4-9-18-14(2)20(26-19(12-25)15-5-7-16(24)8-6-15)27-21-23(18)17(13)10-11-22(3,28-21)29-30-23/h5-8,13-14,17-21H,4,9-11H2,1-3H3/t13-,14-,17+,18+,19-,20+,21-,22-,23-/m1/s1. The lowest BCUT2D eigenvalue weighted by Gasteiger charge is -2.60. The molecule has 9 atom stereocenters. The first-order valence-electron chi connectivity index (χ1n) is 10.9. The van der Waals surface area contributed by atoms with E-state index in [0.717, 1.165) is 35.7 Å². The zero-order chi connectivity index (χ0) is 21.1. The van der Waals surface area contributed by atoms with Crippen LogP contribution in [0.1, 0.15) is 58.1 Å². The predicted molar refractivity (Wildman–Crippen MR) is 110 cm³/mol. The lowest BCUT2D eigenvalue weighted by molar-refractivity contribution is -0.578. The highest BCUT2D eigenvalue weighted by Crippen LogP contribution is 2.60. The highest BCUT2D eigenvalue weighted by atomic mass is 79.9. The van der Waals surface area contributed by atoms with Gasteiger partial charge < -0.3 is 14.2 Å². The van der Waals surface area contributed by atoms with Crippen LogP contribution in [0, 0.1) is 35.0 Å². The van der Waals surface area contributed by atoms with E-state index in [0.29, 0.717) is 11.8 Å².